The van der Waals surface area contributed by atoms with Gasteiger partial charge in [-0.2, -0.15) is 0 Å². The molecule has 0 aromatic heterocycles. The third-order valence-electron chi connectivity index (χ3n) is 1.91. The largest absolute Gasteiger partial charge is 0.103 e. The molecule has 0 saturated heterocycles. The van der Waals surface area contributed by atoms with Crippen molar-refractivity contribution in [2.45, 2.75) is 59.8 Å². The Balaban J connectivity index is -0.000000337. The van der Waals surface area contributed by atoms with E-state index < -0.39 is 0 Å². The molecule has 0 spiro atoms. The second-order valence-electron chi connectivity index (χ2n) is 3.40. The molecule has 0 aliphatic rings. The van der Waals surface area contributed by atoms with Gasteiger partial charge in [0.05, 0.1) is 0 Å². The quantitative estimate of drug-likeness (QED) is 0.270. The first kappa shape index (κ1) is 21.3. The van der Waals surface area contributed by atoms with E-state index in [1.54, 1.807) is 6.08 Å². The van der Waals surface area contributed by atoms with Crippen molar-refractivity contribution in [1.29, 1.82) is 0 Å². The lowest BCUT2D eigenvalue weighted by atomic mass is 10.1. The summed E-state index contributed by atoms with van der Waals surface area (Å²) in [6.45, 7) is 18.9. The Morgan fingerprint density at radius 1 is 1.00 bits per heavy atom. The first-order valence-electron chi connectivity index (χ1n) is 6.77. The zero-order valence-corrected chi connectivity index (χ0v) is 12.5. The molecule has 0 N–H and O–H groups in total. The van der Waals surface area contributed by atoms with Crippen LogP contribution in [0.4, 0.5) is 0 Å². The molecule has 0 aromatic rings. The van der Waals surface area contributed by atoms with E-state index >= 15 is 0 Å². The van der Waals surface area contributed by atoms with Gasteiger partial charge in [-0.05, 0) is 25.3 Å². The third kappa shape index (κ3) is 25.3. The maximum Gasteiger partial charge on any atom is -0.0279 e. The predicted molar refractivity (Wildman–Crippen MR) is 84.5 cm³/mol. The first-order chi connectivity index (χ1) is 8.26. The molecule has 0 atom stereocenters. The summed E-state index contributed by atoms with van der Waals surface area (Å²) in [6, 6.07) is 0. The maximum absolute atomic E-state index is 3.76. The van der Waals surface area contributed by atoms with Crippen LogP contribution in [0.1, 0.15) is 59.8 Å². The van der Waals surface area contributed by atoms with Gasteiger partial charge in [-0.1, -0.05) is 77.5 Å². The molecule has 0 heterocycles. The van der Waals surface area contributed by atoms with Crippen LogP contribution in [0.5, 0.6) is 0 Å². The fourth-order valence-electron chi connectivity index (χ4n) is 1.16. The summed E-state index contributed by atoms with van der Waals surface area (Å²) in [5.74, 6) is 0. The van der Waals surface area contributed by atoms with Crippen LogP contribution < -0.4 is 0 Å². The highest BCUT2D eigenvalue weighted by molar-refractivity contribution is 5.20. The van der Waals surface area contributed by atoms with Crippen molar-refractivity contribution in [2.24, 2.45) is 0 Å². The van der Waals surface area contributed by atoms with Crippen molar-refractivity contribution in [3.8, 4) is 0 Å². The normalized spacial score (nSPS) is 9.06. The zero-order valence-electron chi connectivity index (χ0n) is 12.5. The Morgan fingerprint density at radius 2 is 1.53 bits per heavy atom. The number of rotatable bonds is 7. The molecular weight excluding hydrogens is 204 g/mol. The van der Waals surface area contributed by atoms with Gasteiger partial charge >= 0.3 is 0 Å². The minimum Gasteiger partial charge on any atom is -0.103 e. The molecule has 0 rings (SSSR count). The minimum atomic E-state index is 1.15. The summed E-state index contributed by atoms with van der Waals surface area (Å²) in [7, 11) is 0. The van der Waals surface area contributed by atoms with Crippen molar-refractivity contribution in [2.75, 3.05) is 0 Å². The fourth-order valence-corrected chi connectivity index (χ4v) is 1.16. The van der Waals surface area contributed by atoms with Gasteiger partial charge < -0.3 is 0 Å². The zero-order chi connectivity index (χ0) is 13.9. The van der Waals surface area contributed by atoms with Crippen molar-refractivity contribution in [3.63, 3.8) is 0 Å². The van der Waals surface area contributed by atoms with Gasteiger partial charge in [0.1, 0.15) is 0 Å². The fraction of sp³-hybridized carbons (Fsp3) is 0.529. The molecule has 0 aromatic carbocycles. The van der Waals surface area contributed by atoms with Gasteiger partial charge in [-0.15, -0.1) is 6.58 Å². The molecule has 0 unspecified atom stereocenters. The lowest BCUT2D eigenvalue weighted by Crippen LogP contribution is -1.80. The van der Waals surface area contributed by atoms with E-state index in [2.05, 4.69) is 26.7 Å². The molecule has 0 aliphatic heterocycles. The average Bonchev–Trinajstić information content (AvgIpc) is 2.36. The maximum atomic E-state index is 3.76. The van der Waals surface area contributed by atoms with Gasteiger partial charge in [0, 0.05) is 0 Å². The standard InChI is InChI=1S/C12H20.C3H6.C2H6/c1-4-7-8-9-11-12(6-3)10-5-2;1-3-2;1-2/h5-6,10H,2-4,7-9,11H2,1H3;3H,1H2,2H3;1-2H3/b12-10+;;. The van der Waals surface area contributed by atoms with Gasteiger partial charge in [0.2, 0.25) is 0 Å². The molecule has 0 heteroatoms. The third-order valence-corrected chi connectivity index (χ3v) is 1.91. The van der Waals surface area contributed by atoms with Crippen LogP contribution in [-0.4, -0.2) is 0 Å². The van der Waals surface area contributed by atoms with E-state index in [1.165, 1.54) is 31.3 Å². The highest BCUT2D eigenvalue weighted by Gasteiger charge is 1.90. The van der Waals surface area contributed by atoms with Gasteiger partial charge in [0.15, 0.2) is 0 Å². The monoisotopic (exact) mass is 236 g/mol. The van der Waals surface area contributed by atoms with Crippen LogP contribution in [0.15, 0.2) is 49.6 Å². The van der Waals surface area contributed by atoms with Crippen LogP contribution in [0.25, 0.3) is 0 Å². The summed E-state index contributed by atoms with van der Waals surface area (Å²) in [4.78, 5) is 0. The van der Waals surface area contributed by atoms with Crippen molar-refractivity contribution < 1.29 is 0 Å². The Labute approximate surface area is 110 Å². The molecule has 0 amide bonds. The van der Waals surface area contributed by atoms with E-state index in [1.807, 2.05) is 39.0 Å². The van der Waals surface area contributed by atoms with Gasteiger partial charge in [0.25, 0.3) is 0 Å². The van der Waals surface area contributed by atoms with E-state index in [0.29, 0.717) is 0 Å². The summed E-state index contributed by atoms with van der Waals surface area (Å²) in [5.41, 5.74) is 1.31. The predicted octanol–water partition coefficient (Wildman–Crippen LogP) is 6.47. The van der Waals surface area contributed by atoms with Crippen LogP contribution in [0.2, 0.25) is 0 Å². The second kappa shape index (κ2) is 24.3. The smallest absolute Gasteiger partial charge is 0.0279 e. The molecule has 0 bridgehead atoms. The molecule has 0 saturated carbocycles. The van der Waals surface area contributed by atoms with Crippen molar-refractivity contribution >= 4 is 0 Å². The summed E-state index contributed by atoms with van der Waals surface area (Å²) in [6.07, 6.45) is 13.9. The summed E-state index contributed by atoms with van der Waals surface area (Å²) < 4.78 is 0. The molecule has 0 aliphatic carbocycles. The highest BCUT2D eigenvalue weighted by atomic mass is 14.0. The Bertz CT molecular complexity index is 184. The average molecular weight is 236 g/mol. The molecule has 0 nitrogen and oxygen atoms in total. The van der Waals surface area contributed by atoms with Crippen molar-refractivity contribution in [3.05, 3.63) is 49.6 Å². The molecule has 17 heavy (non-hydrogen) atoms. The van der Waals surface area contributed by atoms with Crippen LogP contribution >= 0.6 is 0 Å². The van der Waals surface area contributed by atoms with Crippen LogP contribution in [-0.2, 0) is 0 Å². The highest BCUT2D eigenvalue weighted by Crippen LogP contribution is 2.10. The lowest BCUT2D eigenvalue weighted by Gasteiger charge is -1.99. The summed E-state index contributed by atoms with van der Waals surface area (Å²) in [5, 5.41) is 0. The van der Waals surface area contributed by atoms with Crippen molar-refractivity contribution in [1.82, 2.24) is 0 Å². The van der Waals surface area contributed by atoms with Crippen LogP contribution in [0.3, 0.4) is 0 Å². The number of hydrogen-bond donors (Lipinski definition) is 0. The summed E-state index contributed by atoms with van der Waals surface area (Å²) >= 11 is 0. The van der Waals surface area contributed by atoms with Gasteiger partial charge in [-0.3, -0.25) is 0 Å². The molecule has 0 radical (unpaired) electrons. The van der Waals surface area contributed by atoms with E-state index in [-0.39, 0.29) is 0 Å². The number of allylic oxidation sites excluding steroid dienone is 5. The minimum absolute atomic E-state index is 1.15. The van der Waals surface area contributed by atoms with E-state index in [9.17, 15) is 0 Å². The van der Waals surface area contributed by atoms with E-state index in [0.717, 1.165) is 6.42 Å². The number of hydrogen-bond acceptors (Lipinski definition) is 0. The van der Waals surface area contributed by atoms with Crippen LogP contribution in [0, 0.1) is 0 Å². The molecule has 100 valence electrons. The molecule has 0 fully saturated rings. The Morgan fingerprint density at radius 3 is 1.88 bits per heavy atom. The Kier molecular flexibility index (Phi) is 30.4. The SMILES string of the molecule is C=C/C=C(\C=C)CCCCCC.C=CC.CC. The van der Waals surface area contributed by atoms with E-state index in [4.69, 9.17) is 0 Å². The second-order valence-corrected chi connectivity index (χ2v) is 3.40. The Hall–Kier alpha value is -1.04. The molecular formula is C17H32. The number of unbranched alkanes of at least 4 members (excludes halogenated alkanes) is 3. The van der Waals surface area contributed by atoms with Gasteiger partial charge in [-0.25, -0.2) is 0 Å². The topological polar surface area (TPSA) is 0 Å². The lowest BCUT2D eigenvalue weighted by molar-refractivity contribution is 0.668. The first-order valence-corrected chi connectivity index (χ1v) is 6.77.